The first kappa shape index (κ1) is 23.2. The molecule has 0 fully saturated rings. The molecular formula is C21H19Cl2N5O4. The average molecular weight is 476 g/mol. The molecule has 0 saturated heterocycles. The molecule has 0 atom stereocenters. The van der Waals surface area contributed by atoms with Gasteiger partial charge >= 0.3 is 5.97 Å². The standard InChI is InChI=1S/C21H19Cl2N5O4/c1-3-32-21(31)13-4-6-14(7-5-13)24-18(29)11-28-12(2)19(26-27-28)20(30)25-15-8-9-16(22)17(23)10-15/h4-10H,3,11H2,1-2H3,(H,24,29)(H,25,30). The van der Waals surface area contributed by atoms with E-state index in [1.807, 2.05) is 0 Å². The van der Waals surface area contributed by atoms with Gasteiger partial charge in [0.15, 0.2) is 5.69 Å². The van der Waals surface area contributed by atoms with Crippen LogP contribution < -0.4 is 10.6 Å². The van der Waals surface area contributed by atoms with Gasteiger partial charge in [0.1, 0.15) is 6.54 Å². The fraction of sp³-hybridized carbons (Fsp3) is 0.190. The third-order valence-electron chi connectivity index (χ3n) is 4.35. The highest BCUT2D eigenvalue weighted by atomic mass is 35.5. The Morgan fingerprint density at radius 1 is 1.00 bits per heavy atom. The molecule has 3 aromatic rings. The van der Waals surface area contributed by atoms with Crippen molar-refractivity contribution in [2.45, 2.75) is 20.4 Å². The molecule has 1 heterocycles. The highest BCUT2D eigenvalue weighted by Gasteiger charge is 2.18. The van der Waals surface area contributed by atoms with Crippen molar-refractivity contribution in [1.29, 1.82) is 0 Å². The second-order valence-corrected chi connectivity index (χ2v) is 7.42. The van der Waals surface area contributed by atoms with Crippen LogP contribution in [0.25, 0.3) is 0 Å². The molecule has 32 heavy (non-hydrogen) atoms. The Hall–Kier alpha value is -3.43. The zero-order valence-corrected chi connectivity index (χ0v) is 18.7. The SMILES string of the molecule is CCOC(=O)c1ccc(NC(=O)Cn2nnc(C(=O)Nc3ccc(Cl)c(Cl)c3)c2C)cc1. The van der Waals surface area contributed by atoms with E-state index in [2.05, 4.69) is 20.9 Å². The molecule has 9 nitrogen and oxygen atoms in total. The van der Waals surface area contributed by atoms with Crippen molar-refractivity contribution in [3.63, 3.8) is 0 Å². The van der Waals surface area contributed by atoms with Gasteiger partial charge in [-0.15, -0.1) is 5.10 Å². The fourth-order valence-electron chi connectivity index (χ4n) is 2.73. The second kappa shape index (κ2) is 10.3. The summed E-state index contributed by atoms with van der Waals surface area (Å²) < 4.78 is 6.23. The van der Waals surface area contributed by atoms with Crippen molar-refractivity contribution in [3.05, 3.63) is 69.5 Å². The molecule has 0 saturated carbocycles. The van der Waals surface area contributed by atoms with Crippen LogP contribution in [0.2, 0.25) is 10.0 Å². The molecule has 0 unspecified atom stereocenters. The van der Waals surface area contributed by atoms with Crippen LogP contribution >= 0.6 is 23.2 Å². The highest BCUT2D eigenvalue weighted by molar-refractivity contribution is 6.42. The Balaban J connectivity index is 1.62. The summed E-state index contributed by atoms with van der Waals surface area (Å²) >= 11 is 11.8. The number of esters is 1. The number of nitrogens with one attached hydrogen (secondary N) is 2. The van der Waals surface area contributed by atoms with E-state index in [1.165, 1.54) is 10.7 Å². The molecule has 2 aromatic carbocycles. The van der Waals surface area contributed by atoms with Crippen molar-refractivity contribution < 1.29 is 19.1 Å². The number of carbonyl (C=O) groups excluding carboxylic acids is 3. The average Bonchev–Trinajstić information content (AvgIpc) is 3.11. The first-order chi connectivity index (χ1) is 15.3. The van der Waals surface area contributed by atoms with Gasteiger partial charge in [-0.05, 0) is 56.3 Å². The molecule has 0 radical (unpaired) electrons. The number of ether oxygens (including phenoxy) is 1. The molecule has 0 aliphatic heterocycles. The lowest BCUT2D eigenvalue weighted by Crippen LogP contribution is -2.21. The molecule has 0 aliphatic carbocycles. The van der Waals surface area contributed by atoms with Crippen LogP contribution in [0, 0.1) is 6.92 Å². The maximum absolute atomic E-state index is 12.5. The Morgan fingerprint density at radius 3 is 2.34 bits per heavy atom. The van der Waals surface area contributed by atoms with E-state index < -0.39 is 11.9 Å². The minimum atomic E-state index is -0.498. The van der Waals surface area contributed by atoms with Gasteiger partial charge in [0.2, 0.25) is 5.91 Å². The van der Waals surface area contributed by atoms with E-state index >= 15 is 0 Å². The van der Waals surface area contributed by atoms with E-state index in [-0.39, 0.29) is 24.8 Å². The van der Waals surface area contributed by atoms with Crippen LogP contribution in [0.1, 0.15) is 33.5 Å². The van der Waals surface area contributed by atoms with Gasteiger partial charge in [-0.1, -0.05) is 28.4 Å². The molecule has 3 rings (SSSR count). The summed E-state index contributed by atoms with van der Waals surface area (Å²) in [6.45, 7) is 3.48. The first-order valence-electron chi connectivity index (χ1n) is 9.52. The highest BCUT2D eigenvalue weighted by Crippen LogP contribution is 2.25. The number of hydrogen-bond acceptors (Lipinski definition) is 6. The molecule has 0 bridgehead atoms. The molecule has 2 N–H and O–H groups in total. The molecule has 0 aliphatic rings. The number of carbonyl (C=O) groups is 3. The molecule has 166 valence electrons. The fourth-order valence-corrected chi connectivity index (χ4v) is 3.02. The minimum Gasteiger partial charge on any atom is -0.462 e. The zero-order chi connectivity index (χ0) is 23.3. The summed E-state index contributed by atoms with van der Waals surface area (Å²) in [5.41, 5.74) is 1.81. The summed E-state index contributed by atoms with van der Waals surface area (Å²) in [4.78, 5) is 36.6. The third kappa shape index (κ3) is 5.63. The van der Waals surface area contributed by atoms with E-state index in [9.17, 15) is 14.4 Å². The molecule has 11 heteroatoms. The first-order valence-corrected chi connectivity index (χ1v) is 10.3. The normalized spacial score (nSPS) is 10.5. The lowest BCUT2D eigenvalue weighted by Gasteiger charge is -2.08. The number of hydrogen-bond donors (Lipinski definition) is 2. The number of benzene rings is 2. The molecule has 2 amide bonds. The van der Waals surface area contributed by atoms with Crippen molar-refractivity contribution >= 4 is 52.4 Å². The predicted octanol–water partition coefficient (Wildman–Crippen LogP) is 3.96. The third-order valence-corrected chi connectivity index (χ3v) is 5.09. The van der Waals surface area contributed by atoms with E-state index in [1.54, 1.807) is 50.2 Å². The topological polar surface area (TPSA) is 115 Å². The van der Waals surface area contributed by atoms with Crippen LogP contribution in [0.3, 0.4) is 0 Å². The summed E-state index contributed by atoms with van der Waals surface area (Å²) in [6.07, 6.45) is 0. The number of amides is 2. The number of nitrogens with zero attached hydrogens (tertiary/aromatic N) is 3. The number of rotatable bonds is 7. The largest absolute Gasteiger partial charge is 0.462 e. The van der Waals surface area contributed by atoms with Gasteiger partial charge in [0.05, 0.1) is 27.9 Å². The summed E-state index contributed by atoms with van der Waals surface area (Å²) in [5.74, 6) is -1.31. The van der Waals surface area contributed by atoms with Gasteiger partial charge in [-0.3, -0.25) is 9.59 Å². The van der Waals surface area contributed by atoms with Gasteiger partial charge in [-0.25, -0.2) is 9.48 Å². The summed E-state index contributed by atoms with van der Waals surface area (Å²) in [6, 6.07) is 11.0. The molecule has 1 aromatic heterocycles. The monoisotopic (exact) mass is 475 g/mol. The Labute approximate surface area is 193 Å². The van der Waals surface area contributed by atoms with Crippen LogP contribution in [0.4, 0.5) is 11.4 Å². The molecule has 0 spiro atoms. The van der Waals surface area contributed by atoms with Crippen molar-refractivity contribution in [2.24, 2.45) is 0 Å². The summed E-state index contributed by atoms with van der Waals surface area (Å²) in [7, 11) is 0. The molecular weight excluding hydrogens is 457 g/mol. The maximum atomic E-state index is 12.5. The summed E-state index contributed by atoms with van der Waals surface area (Å²) in [5, 5.41) is 13.8. The quantitative estimate of drug-likeness (QED) is 0.499. The smallest absolute Gasteiger partial charge is 0.338 e. The van der Waals surface area contributed by atoms with E-state index in [0.29, 0.717) is 32.7 Å². The van der Waals surface area contributed by atoms with E-state index in [4.69, 9.17) is 27.9 Å². The number of halogens is 2. The Kier molecular flexibility index (Phi) is 7.45. The van der Waals surface area contributed by atoms with Crippen LogP contribution in [0.15, 0.2) is 42.5 Å². The number of aromatic nitrogens is 3. The van der Waals surface area contributed by atoms with E-state index in [0.717, 1.165) is 0 Å². The van der Waals surface area contributed by atoms with Crippen LogP contribution in [-0.2, 0) is 16.1 Å². The Bertz CT molecular complexity index is 1160. The number of anilines is 2. The van der Waals surface area contributed by atoms with Crippen molar-refractivity contribution in [1.82, 2.24) is 15.0 Å². The lowest BCUT2D eigenvalue weighted by molar-refractivity contribution is -0.117. The lowest BCUT2D eigenvalue weighted by atomic mass is 10.2. The minimum absolute atomic E-state index is 0.0719. The van der Waals surface area contributed by atoms with Crippen LogP contribution in [0.5, 0.6) is 0 Å². The van der Waals surface area contributed by atoms with Crippen molar-refractivity contribution in [3.8, 4) is 0 Å². The van der Waals surface area contributed by atoms with Crippen LogP contribution in [-0.4, -0.2) is 39.4 Å². The van der Waals surface area contributed by atoms with Gasteiger partial charge in [0, 0.05) is 11.4 Å². The predicted molar refractivity (Wildman–Crippen MR) is 120 cm³/mol. The van der Waals surface area contributed by atoms with Gasteiger partial charge in [-0.2, -0.15) is 0 Å². The second-order valence-electron chi connectivity index (χ2n) is 6.61. The zero-order valence-electron chi connectivity index (χ0n) is 17.2. The van der Waals surface area contributed by atoms with Gasteiger partial charge in [0.25, 0.3) is 5.91 Å². The van der Waals surface area contributed by atoms with Crippen molar-refractivity contribution in [2.75, 3.05) is 17.2 Å². The maximum Gasteiger partial charge on any atom is 0.338 e. The van der Waals surface area contributed by atoms with Gasteiger partial charge < -0.3 is 15.4 Å². The Morgan fingerprint density at radius 2 is 1.69 bits per heavy atom.